The largest absolute Gasteiger partial charge is 0.508 e. The summed E-state index contributed by atoms with van der Waals surface area (Å²) in [7, 11) is 0. The second-order valence-electron chi connectivity index (χ2n) is 8.57. The van der Waals surface area contributed by atoms with E-state index in [1.54, 1.807) is 0 Å². The van der Waals surface area contributed by atoms with Gasteiger partial charge in [0, 0.05) is 5.41 Å². The van der Waals surface area contributed by atoms with Gasteiger partial charge in [0.1, 0.15) is 5.75 Å². The summed E-state index contributed by atoms with van der Waals surface area (Å²) in [6.07, 6.45) is 7.37. The molecule has 2 nitrogen and oxygen atoms in total. The van der Waals surface area contributed by atoms with Crippen LogP contribution in [0.4, 0.5) is 0 Å². The number of aliphatic hydroxyl groups is 1. The van der Waals surface area contributed by atoms with Gasteiger partial charge in [-0.2, -0.15) is 0 Å². The normalized spacial score (nSPS) is 44.2. The minimum Gasteiger partial charge on any atom is -0.508 e. The van der Waals surface area contributed by atoms with E-state index < -0.39 is 5.60 Å². The van der Waals surface area contributed by atoms with Gasteiger partial charge in [0.2, 0.25) is 0 Å². The van der Waals surface area contributed by atoms with Gasteiger partial charge < -0.3 is 10.2 Å². The zero-order chi connectivity index (χ0) is 17.1. The van der Waals surface area contributed by atoms with E-state index in [-0.39, 0.29) is 5.41 Å². The average Bonchev–Trinajstić information content (AvgIpc) is 2.79. The fraction of sp³-hybridized carbons (Fsp3) is 0.619. The Bertz CT molecular complexity index is 684. The number of fused-ring (bicyclic) bond motifs is 5. The van der Waals surface area contributed by atoms with Crippen molar-refractivity contribution >= 4 is 22.6 Å². The number of phenolic OH excluding ortho intramolecular Hbond substituents is 1. The molecule has 2 N–H and O–H groups in total. The van der Waals surface area contributed by atoms with Crippen molar-refractivity contribution in [3.63, 3.8) is 0 Å². The maximum atomic E-state index is 11.3. The van der Waals surface area contributed by atoms with Crippen molar-refractivity contribution in [2.75, 3.05) is 0 Å². The zero-order valence-corrected chi connectivity index (χ0v) is 16.7. The van der Waals surface area contributed by atoms with Gasteiger partial charge in [0.05, 0.1) is 5.60 Å². The third kappa shape index (κ3) is 2.23. The molecule has 0 saturated heterocycles. The van der Waals surface area contributed by atoms with Crippen molar-refractivity contribution in [2.24, 2.45) is 23.2 Å². The lowest BCUT2D eigenvalue weighted by Gasteiger charge is -2.54. The van der Waals surface area contributed by atoms with Crippen LogP contribution in [0.15, 0.2) is 28.4 Å². The molecule has 0 aliphatic heterocycles. The maximum Gasteiger partial charge on any atom is 0.115 e. The summed E-state index contributed by atoms with van der Waals surface area (Å²) >= 11 is 2.24. The molecule has 3 heteroatoms. The topological polar surface area (TPSA) is 40.5 Å². The van der Waals surface area contributed by atoms with E-state index in [4.69, 9.17) is 0 Å². The van der Waals surface area contributed by atoms with Gasteiger partial charge in [-0.05, 0) is 89.2 Å². The molecule has 130 valence electrons. The first-order valence-corrected chi connectivity index (χ1v) is 10.5. The SMILES string of the molecule is C[C@@H]1Cc2cc(O)ccc2[C@H]2CC[C@@]3(C)[C@@H](CC[C@@]3(O)/C=C/I)[C@H]12. The van der Waals surface area contributed by atoms with Gasteiger partial charge in [-0.15, -0.1) is 0 Å². The summed E-state index contributed by atoms with van der Waals surface area (Å²) < 4.78 is 2.00. The second-order valence-corrected chi connectivity index (χ2v) is 9.29. The number of rotatable bonds is 1. The summed E-state index contributed by atoms with van der Waals surface area (Å²) in [4.78, 5) is 0. The number of halogens is 1. The zero-order valence-electron chi connectivity index (χ0n) is 14.5. The molecular weight excluding hydrogens is 411 g/mol. The van der Waals surface area contributed by atoms with Gasteiger partial charge in [0.15, 0.2) is 0 Å². The Morgan fingerprint density at radius 1 is 1.25 bits per heavy atom. The Kier molecular flexibility index (Phi) is 4.03. The monoisotopic (exact) mass is 438 g/mol. The Morgan fingerprint density at radius 2 is 2.04 bits per heavy atom. The predicted molar refractivity (Wildman–Crippen MR) is 105 cm³/mol. The van der Waals surface area contributed by atoms with Crippen LogP contribution in [0.1, 0.15) is 56.6 Å². The lowest BCUT2D eigenvalue weighted by molar-refractivity contribution is -0.0789. The van der Waals surface area contributed by atoms with E-state index in [0.29, 0.717) is 29.4 Å². The molecule has 0 aromatic heterocycles. The van der Waals surface area contributed by atoms with E-state index >= 15 is 0 Å². The molecule has 0 bridgehead atoms. The highest BCUT2D eigenvalue weighted by atomic mass is 127. The molecule has 4 rings (SSSR count). The lowest BCUT2D eigenvalue weighted by atomic mass is 9.51. The van der Waals surface area contributed by atoms with Crippen LogP contribution < -0.4 is 0 Å². The minimum absolute atomic E-state index is 0.00147. The van der Waals surface area contributed by atoms with Crippen molar-refractivity contribution in [2.45, 2.75) is 57.5 Å². The van der Waals surface area contributed by atoms with Crippen molar-refractivity contribution in [3.8, 4) is 5.75 Å². The highest BCUT2D eigenvalue weighted by molar-refractivity contribution is 14.1. The Hall–Kier alpha value is -0.550. The number of hydrogen-bond acceptors (Lipinski definition) is 2. The molecule has 0 unspecified atom stereocenters. The number of hydrogen-bond donors (Lipinski definition) is 2. The van der Waals surface area contributed by atoms with Crippen LogP contribution in [0.2, 0.25) is 0 Å². The maximum absolute atomic E-state index is 11.3. The molecular formula is C21H27IO2. The standard InChI is InChI=1S/C21H27IO2/c1-13-11-14-12-15(23)3-4-16(14)17-5-7-20(2)18(19(13)17)6-8-21(20,24)9-10-22/h3-4,9-10,12-13,17-19,23-24H,5-8,11H2,1-2H3/b10-9+/t13-,17-,18+,19-,20+,21-/m1/s1. The van der Waals surface area contributed by atoms with Crippen LogP contribution in [0.25, 0.3) is 0 Å². The molecule has 0 spiro atoms. The molecule has 2 saturated carbocycles. The van der Waals surface area contributed by atoms with Crippen molar-refractivity contribution in [1.82, 2.24) is 0 Å². The summed E-state index contributed by atoms with van der Waals surface area (Å²) in [6, 6.07) is 5.98. The van der Waals surface area contributed by atoms with Crippen LogP contribution in [-0.2, 0) is 6.42 Å². The molecule has 3 aliphatic rings. The summed E-state index contributed by atoms with van der Waals surface area (Å²) in [5.74, 6) is 2.83. The molecule has 24 heavy (non-hydrogen) atoms. The molecule has 0 heterocycles. The molecule has 1 aromatic rings. The Labute approximate surface area is 158 Å². The van der Waals surface area contributed by atoms with E-state index in [1.807, 2.05) is 22.3 Å². The smallest absolute Gasteiger partial charge is 0.115 e. The molecule has 0 radical (unpaired) electrons. The van der Waals surface area contributed by atoms with E-state index in [0.717, 1.165) is 32.1 Å². The average molecular weight is 438 g/mol. The first-order valence-electron chi connectivity index (χ1n) is 9.22. The summed E-state index contributed by atoms with van der Waals surface area (Å²) in [5.41, 5.74) is 2.16. The first-order chi connectivity index (χ1) is 11.4. The molecule has 1 aromatic carbocycles. The quantitative estimate of drug-likeness (QED) is 0.594. The highest BCUT2D eigenvalue weighted by Gasteiger charge is 2.61. The van der Waals surface area contributed by atoms with Gasteiger partial charge >= 0.3 is 0 Å². The third-order valence-electron chi connectivity index (χ3n) is 7.61. The minimum atomic E-state index is -0.640. The van der Waals surface area contributed by atoms with Crippen molar-refractivity contribution < 1.29 is 10.2 Å². The van der Waals surface area contributed by atoms with Gasteiger partial charge in [-0.25, -0.2) is 0 Å². The predicted octanol–water partition coefficient (Wildman–Crippen LogP) is 5.17. The van der Waals surface area contributed by atoms with Crippen LogP contribution in [0.3, 0.4) is 0 Å². The van der Waals surface area contributed by atoms with E-state index in [9.17, 15) is 10.2 Å². The summed E-state index contributed by atoms with van der Waals surface area (Å²) in [6.45, 7) is 4.71. The highest BCUT2D eigenvalue weighted by Crippen LogP contribution is 2.65. The van der Waals surface area contributed by atoms with Crippen molar-refractivity contribution in [3.05, 3.63) is 39.5 Å². The number of phenols is 1. The van der Waals surface area contributed by atoms with Crippen LogP contribution in [0, 0.1) is 23.2 Å². The Balaban J connectivity index is 1.75. The van der Waals surface area contributed by atoms with Crippen molar-refractivity contribution in [1.29, 1.82) is 0 Å². The van der Waals surface area contributed by atoms with E-state index in [2.05, 4.69) is 42.5 Å². The van der Waals surface area contributed by atoms with Gasteiger partial charge in [0.25, 0.3) is 0 Å². The molecule has 3 aliphatic carbocycles. The molecule has 0 amide bonds. The molecule has 6 atom stereocenters. The second kappa shape index (κ2) is 5.73. The first kappa shape index (κ1) is 16.9. The number of aromatic hydroxyl groups is 1. The van der Waals surface area contributed by atoms with E-state index in [1.165, 1.54) is 11.1 Å². The Morgan fingerprint density at radius 3 is 2.79 bits per heavy atom. The van der Waals surface area contributed by atoms with Gasteiger partial charge in [-0.3, -0.25) is 0 Å². The van der Waals surface area contributed by atoms with Crippen LogP contribution >= 0.6 is 22.6 Å². The van der Waals surface area contributed by atoms with Crippen LogP contribution in [-0.4, -0.2) is 15.8 Å². The number of benzene rings is 1. The van der Waals surface area contributed by atoms with Gasteiger partial charge in [-0.1, -0.05) is 42.5 Å². The third-order valence-corrected chi connectivity index (χ3v) is 7.97. The summed E-state index contributed by atoms with van der Waals surface area (Å²) in [5, 5.41) is 21.2. The van der Waals surface area contributed by atoms with Crippen LogP contribution in [0.5, 0.6) is 5.75 Å². The fourth-order valence-corrected chi connectivity index (χ4v) is 6.99. The lowest BCUT2D eigenvalue weighted by Crippen LogP contribution is -2.51. The molecule has 2 fully saturated rings. The fourth-order valence-electron chi connectivity index (χ4n) is 6.40.